The van der Waals surface area contributed by atoms with E-state index in [1.165, 1.54) is 13.0 Å². The van der Waals surface area contributed by atoms with Gasteiger partial charge < -0.3 is 5.11 Å². The van der Waals surface area contributed by atoms with Gasteiger partial charge in [0.05, 0.1) is 5.57 Å². The van der Waals surface area contributed by atoms with E-state index < -0.39 is 17.0 Å². The second-order valence-corrected chi connectivity index (χ2v) is 4.49. The van der Waals surface area contributed by atoms with E-state index >= 15 is 0 Å². The highest BCUT2D eigenvalue weighted by Crippen LogP contribution is 2.32. The molecule has 1 aliphatic carbocycles. The number of ketones is 2. The van der Waals surface area contributed by atoms with Crippen molar-refractivity contribution in [1.82, 2.24) is 0 Å². The van der Waals surface area contributed by atoms with Crippen LogP contribution in [0.3, 0.4) is 0 Å². The van der Waals surface area contributed by atoms with E-state index in [0.717, 1.165) is 0 Å². The molecule has 3 heteroatoms. The highest BCUT2D eigenvalue weighted by molar-refractivity contribution is 6.21. The van der Waals surface area contributed by atoms with Gasteiger partial charge in [-0.05, 0) is 18.4 Å². The smallest absolute Gasteiger partial charge is 0.223 e. The summed E-state index contributed by atoms with van der Waals surface area (Å²) in [7, 11) is 0. The molecule has 1 aliphatic rings. The van der Waals surface area contributed by atoms with Crippen molar-refractivity contribution in [3.63, 3.8) is 0 Å². The second-order valence-electron chi connectivity index (χ2n) is 4.49. The van der Waals surface area contributed by atoms with Gasteiger partial charge in [-0.1, -0.05) is 20.8 Å². The molecule has 76 valence electrons. The molecule has 0 fully saturated rings. The van der Waals surface area contributed by atoms with Crippen LogP contribution in [0.25, 0.3) is 0 Å². The van der Waals surface area contributed by atoms with Crippen LogP contribution in [-0.2, 0) is 9.59 Å². The predicted octanol–water partition coefficient (Wildman–Crippen LogP) is 1.94. The summed E-state index contributed by atoms with van der Waals surface area (Å²) in [5, 5.41) is 9.58. The first-order valence-electron chi connectivity index (χ1n) is 4.46. The summed E-state index contributed by atoms with van der Waals surface area (Å²) in [6, 6.07) is 0. The van der Waals surface area contributed by atoms with Crippen molar-refractivity contribution >= 4 is 11.6 Å². The van der Waals surface area contributed by atoms with Gasteiger partial charge in [0.2, 0.25) is 5.78 Å². The molecule has 0 spiro atoms. The number of carbonyl (C=O) groups excluding carboxylic acids is 2. The van der Waals surface area contributed by atoms with E-state index in [2.05, 4.69) is 0 Å². The van der Waals surface area contributed by atoms with Crippen LogP contribution in [-0.4, -0.2) is 16.7 Å². The Morgan fingerprint density at radius 2 is 1.71 bits per heavy atom. The van der Waals surface area contributed by atoms with Crippen LogP contribution in [0.2, 0.25) is 0 Å². The summed E-state index contributed by atoms with van der Waals surface area (Å²) in [4.78, 5) is 23.0. The van der Waals surface area contributed by atoms with E-state index in [1.807, 2.05) is 0 Å². The molecule has 1 N–H and O–H groups in total. The van der Waals surface area contributed by atoms with E-state index in [9.17, 15) is 14.7 Å². The van der Waals surface area contributed by atoms with Crippen LogP contribution in [0.1, 0.15) is 27.7 Å². The van der Waals surface area contributed by atoms with Gasteiger partial charge >= 0.3 is 0 Å². The minimum atomic E-state index is -0.506. The van der Waals surface area contributed by atoms with Gasteiger partial charge in [0.15, 0.2) is 11.5 Å². The van der Waals surface area contributed by atoms with Crippen molar-refractivity contribution in [1.29, 1.82) is 0 Å². The fourth-order valence-electron chi connectivity index (χ4n) is 1.48. The van der Waals surface area contributed by atoms with Crippen molar-refractivity contribution in [3.05, 3.63) is 23.0 Å². The van der Waals surface area contributed by atoms with E-state index in [0.29, 0.717) is 5.57 Å². The molecule has 0 radical (unpaired) electrons. The quantitative estimate of drug-likeness (QED) is 0.599. The lowest BCUT2D eigenvalue weighted by Crippen LogP contribution is -2.26. The van der Waals surface area contributed by atoms with Crippen LogP contribution >= 0.6 is 0 Å². The average molecular weight is 194 g/mol. The van der Waals surface area contributed by atoms with Gasteiger partial charge in [0.25, 0.3) is 0 Å². The van der Waals surface area contributed by atoms with Crippen molar-refractivity contribution in [3.8, 4) is 0 Å². The maximum atomic E-state index is 11.6. The Morgan fingerprint density at radius 1 is 1.21 bits per heavy atom. The zero-order valence-corrected chi connectivity index (χ0v) is 8.84. The zero-order valence-electron chi connectivity index (χ0n) is 8.84. The van der Waals surface area contributed by atoms with Crippen LogP contribution in [0.4, 0.5) is 0 Å². The molecule has 0 unspecified atom stereocenters. The lowest BCUT2D eigenvalue weighted by atomic mass is 9.79. The molecular formula is C11H14O3. The summed E-state index contributed by atoms with van der Waals surface area (Å²) >= 11 is 0. The van der Waals surface area contributed by atoms with Crippen molar-refractivity contribution < 1.29 is 14.7 Å². The van der Waals surface area contributed by atoms with Crippen LogP contribution in [0.15, 0.2) is 23.0 Å². The topological polar surface area (TPSA) is 54.4 Å². The normalized spacial score (nSPS) is 18.7. The molecule has 0 aromatic rings. The average Bonchev–Trinajstić information content (AvgIpc) is 1.97. The Hall–Kier alpha value is -1.38. The highest BCUT2D eigenvalue weighted by Gasteiger charge is 2.33. The summed E-state index contributed by atoms with van der Waals surface area (Å²) in [6.45, 7) is 6.89. The molecule has 0 atom stereocenters. The molecule has 0 aromatic carbocycles. The number of aliphatic hydroxyl groups is 1. The summed E-state index contributed by atoms with van der Waals surface area (Å²) in [5.74, 6) is -1.12. The molecule has 0 heterocycles. The molecule has 3 nitrogen and oxygen atoms in total. The summed E-state index contributed by atoms with van der Waals surface area (Å²) < 4.78 is 0. The molecule has 0 saturated heterocycles. The van der Waals surface area contributed by atoms with E-state index in [1.54, 1.807) is 20.8 Å². The first-order valence-corrected chi connectivity index (χ1v) is 4.46. The molecule has 0 bridgehead atoms. The number of rotatable bonds is 0. The lowest BCUT2D eigenvalue weighted by molar-refractivity contribution is -0.118. The number of aliphatic hydroxyl groups excluding tert-OH is 1. The molecule has 0 saturated carbocycles. The van der Waals surface area contributed by atoms with Gasteiger partial charge in [0, 0.05) is 5.57 Å². The standard InChI is InChI=1S/C11H14O3/c1-6-5-7(12)8(11(2,3)4)10(14)9(6)13/h5,14H,1-4H3. The van der Waals surface area contributed by atoms with Crippen LogP contribution in [0, 0.1) is 5.41 Å². The maximum absolute atomic E-state index is 11.6. The van der Waals surface area contributed by atoms with Gasteiger partial charge in [-0.3, -0.25) is 9.59 Å². The number of hydrogen-bond donors (Lipinski definition) is 1. The molecule has 0 amide bonds. The van der Waals surface area contributed by atoms with E-state index in [4.69, 9.17) is 0 Å². The highest BCUT2D eigenvalue weighted by atomic mass is 16.3. The van der Waals surface area contributed by atoms with Crippen LogP contribution < -0.4 is 0 Å². The van der Waals surface area contributed by atoms with Crippen molar-refractivity contribution in [2.75, 3.05) is 0 Å². The Bertz CT molecular complexity index is 364. The minimum absolute atomic E-state index is 0.202. The number of Topliss-reactive ketones (excluding diaryl/α,β-unsaturated/α-hetero) is 1. The summed E-state index contributed by atoms with van der Waals surface area (Å²) in [6.07, 6.45) is 1.28. The third kappa shape index (κ3) is 1.62. The summed E-state index contributed by atoms with van der Waals surface area (Å²) in [5.41, 5.74) is -0.0119. The fraction of sp³-hybridized carbons (Fsp3) is 0.455. The minimum Gasteiger partial charge on any atom is -0.504 e. The Labute approximate surface area is 83.1 Å². The largest absolute Gasteiger partial charge is 0.504 e. The van der Waals surface area contributed by atoms with Gasteiger partial charge in [0.1, 0.15) is 0 Å². The SMILES string of the molecule is CC1=CC(=O)C(C(C)(C)C)=C(O)C1=O. The number of carbonyl (C=O) groups is 2. The Balaban J connectivity index is 3.31. The van der Waals surface area contributed by atoms with Crippen molar-refractivity contribution in [2.24, 2.45) is 5.41 Å². The lowest BCUT2D eigenvalue weighted by Gasteiger charge is -2.24. The molecule has 1 rings (SSSR count). The first kappa shape index (κ1) is 10.7. The van der Waals surface area contributed by atoms with E-state index in [-0.39, 0.29) is 11.4 Å². The Morgan fingerprint density at radius 3 is 2.14 bits per heavy atom. The molecule has 0 aliphatic heterocycles. The fourth-order valence-corrected chi connectivity index (χ4v) is 1.48. The van der Waals surface area contributed by atoms with Crippen LogP contribution in [0.5, 0.6) is 0 Å². The third-order valence-corrected chi connectivity index (χ3v) is 2.15. The van der Waals surface area contributed by atoms with Crippen molar-refractivity contribution in [2.45, 2.75) is 27.7 Å². The van der Waals surface area contributed by atoms with Gasteiger partial charge in [-0.2, -0.15) is 0 Å². The second kappa shape index (κ2) is 3.08. The van der Waals surface area contributed by atoms with Gasteiger partial charge in [-0.15, -0.1) is 0 Å². The number of hydrogen-bond acceptors (Lipinski definition) is 3. The zero-order chi connectivity index (χ0) is 11.1. The monoisotopic (exact) mass is 194 g/mol. The Kier molecular flexibility index (Phi) is 2.36. The first-order chi connectivity index (χ1) is 6.25. The predicted molar refractivity (Wildman–Crippen MR) is 52.9 cm³/mol. The molecule has 14 heavy (non-hydrogen) atoms. The number of allylic oxidation sites excluding steroid dienone is 3. The van der Waals surface area contributed by atoms with Gasteiger partial charge in [-0.25, -0.2) is 0 Å². The molecular weight excluding hydrogens is 180 g/mol. The maximum Gasteiger partial charge on any atom is 0.223 e. The third-order valence-electron chi connectivity index (χ3n) is 2.15. The molecule has 0 aromatic heterocycles.